The van der Waals surface area contributed by atoms with Crippen LogP contribution in [-0.2, 0) is 21.5 Å². The number of nitrogens with zero attached hydrogens (tertiary/aromatic N) is 6. The molecule has 14 nitrogen and oxygen atoms in total. The van der Waals surface area contributed by atoms with Crippen molar-refractivity contribution in [1.29, 1.82) is 0 Å². The Hall–Kier alpha value is -5.24. The topological polar surface area (TPSA) is 180 Å². The fourth-order valence-corrected chi connectivity index (χ4v) is 7.32. The molecule has 2 aromatic heterocycles. The quantitative estimate of drug-likeness (QED) is 0.111. The summed E-state index contributed by atoms with van der Waals surface area (Å²) in [7, 11) is 15.4. The van der Waals surface area contributed by atoms with E-state index in [4.69, 9.17) is 32.3 Å². The van der Waals surface area contributed by atoms with Crippen molar-refractivity contribution < 1.29 is 14.4 Å². The van der Waals surface area contributed by atoms with Crippen molar-refractivity contribution in [2.45, 2.75) is 82.8 Å². The van der Waals surface area contributed by atoms with Crippen LogP contribution in [0.5, 0.6) is 0 Å². The zero-order valence-electron chi connectivity index (χ0n) is 32.6. The summed E-state index contributed by atoms with van der Waals surface area (Å²) in [5.41, 5.74) is 18.3. The SMILES string of the molecule is CCC.[B]C([B])(c1cccc(C(=O)N2CCCC2)n1)N1CC(n2ncc3c2CN(C)c2c(NC(/C=C(\N)NC(=O)C4CC4)=C(/N)C(=O)NC4CC4)cccc2-3)C1. The molecule has 3 aliphatic heterocycles. The fraction of sp³-hybridized carbons (Fsp3) is 0.475. The molecule has 2 aliphatic carbocycles. The molecule has 3 amide bonds. The highest BCUT2D eigenvalue weighted by molar-refractivity contribution is 6.39. The Morgan fingerprint density at radius 3 is 2.36 bits per heavy atom. The molecule has 8 rings (SSSR count). The summed E-state index contributed by atoms with van der Waals surface area (Å²) in [6, 6.07) is 11.3. The number of para-hydroxylation sites is 1. The highest BCUT2D eigenvalue weighted by atomic mass is 16.2. The Labute approximate surface area is 331 Å². The molecule has 0 spiro atoms. The molecule has 0 bridgehead atoms. The van der Waals surface area contributed by atoms with E-state index < -0.39 is 11.2 Å². The number of nitrogens with one attached hydrogen (secondary N) is 3. The molecule has 0 atom stereocenters. The molecule has 16 heteroatoms. The van der Waals surface area contributed by atoms with Gasteiger partial charge in [0.25, 0.3) is 11.8 Å². The lowest BCUT2D eigenvalue weighted by molar-refractivity contribution is -0.121. The molecule has 2 saturated heterocycles. The number of allylic oxidation sites excluding steroid dienone is 1. The maximum absolute atomic E-state index is 13.1. The van der Waals surface area contributed by atoms with Gasteiger partial charge in [0.2, 0.25) is 5.91 Å². The number of fused-ring (bicyclic) bond motifs is 3. The van der Waals surface area contributed by atoms with Crippen molar-refractivity contribution in [2.75, 3.05) is 43.4 Å². The number of nitrogens with two attached hydrogens (primary N) is 2. The minimum absolute atomic E-state index is 0.0224. The Kier molecular flexibility index (Phi) is 11.2. The predicted octanol–water partition coefficient (Wildman–Crippen LogP) is 2.74. The monoisotopic (exact) mass is 755 g/mol. The second kappa shape index (κ2) is 16.1. The van der Waals surface area contributed by atoms with Gasteiger partial charge in [-0.1, -0.05) is 38.5 Å². The second-order valence-corrected chi connectivity index (χ2v) is 15.6. The van der Waals surface area contributed by atoms with Crippen LogP contribution in [0.3, 0.4) is 0 Å². The van der Waals surface area contributed by atoms with Gasteiger partial charge in [0.1, 0.15) is 17.2 Å². The van der Waals surface area contributed by atoms with E-state index in [9.17, 15) is 14.4 Å². The highest BCUT2D eigenvalue weighted by Gasteiger charge is 2.41. The number of hydrogen-bond acceptors (Lipinski definition) is 10. The van der Waals surface area contributed by atoms with Crippen LogP contribution < -0.4 is 32.3 Å². The summed E-state index contributed by atoms with van der Waals surface area (Å²) in [6.45, 7) is 7.38. The van der Waals surface area contributed by atoms with Gasteiger partial charge < -0.3 is 42.1 Å². The molecule has 4 fully saturated rings. The van der Waals surface area contributed by atoms with Gasteiger partial charge in [-0.05, 0) is 62.1 Å². The lowest BCUT2D eigenvalue weighted by Gasteiger charge is -2.50. The van der Waals surface area contributed by atoms with Gasteiger partial charge in [-0.25, -0.2) is 4.98 Å². The molecule has 1 aromatic carbocycles. The average molecular weight is 756 g/mol. The van der Waals surface area contributed by atoms with Crippen molar-refractivity contribution in [3.63, 3.8) is 0 Å². The first-order valence-corrected chi connectivity index (χ1v) is 19.8. The Morgan fingerprint density at radius 1 is 0.982 bits per heavy atom. The molecule has 7 N–H and O–H groups in total. The molecule has 2 saturated carbocycles. The van der Waals surface area contributed by atoms with Crippen LogP contribution in [0.15, 0.2) is 65.9 Å². The van der Waals surface area contributed by atoms with Crippen molar-refractivity contribution in [3.05, 3.63) is 83.0 Å². The average Bonchev–Trinajstić information content (AvgIpc) is 4.08. The normalized spacial score (nSPS) is 18.8. The minimum atomic E-state index is -1.36. The third-order valence-electron chi connectivity index (χ3n) is 10.7. The predicted molar refractivity (Wildman–Crippen MR) is 218 cm³/mol. The van der Waals surface area contributed by atoms with Gasteiger partial charge in [-0.15, -0.1) is 0 Å². The van der Waals surface area contributed by atoms with Crippen LogP contribution in [0.1, 0.15) is 86.7 Å². The van der Waals surface area contributed by atoms with Gasteiger partial charge >= 0.3 is 0 Å². The third kappa shape index (κ3) is 8.16. The van der Waals surface area contributed by atoms with Crippen LogP contribution in [-0.4, -0.2) is 97.2 Å². The van der Waals surface area contributed by atoms with Crippen molar-refractivity contribution in [2.24, 2.45) is 17.4 Å². The van der Waals surface area contributed by atoms with Gasteiger partial charge in [0.15, 0.2) is 0 Å². The lowest BCUT2D eigenvalue weighted by atomic mass is 9.57. The van der Waals surface area contributed by atoms with E-state index in [1.165, 1.54) is 12.5 Å². The van der Waals surface area contributed by atoms with Crippen LogP contribution in [0.2, 0.25) is 0 Å². The Bertz CT molecular complexity index is 2040. The van der Waals surface area contributed by atoms with Gasteiger partial charge in [0, 0.05) is 68.1 Å². The molecule has 5 heterocycles. The standard InChI is InChI=1S/C37H43B2N11O3.C3H8/c1-47-20-29-25(17-42-50(29)23-18-49(19-23)37(38,39)30-9-5-8-27(45-30)36(53)48-14-2-3-15-48)24-6-4-7-26(33(24)47)44-28(32(41)35(52)43-22-12-13-22)16-31(40)46-34(51)21-10-11-21;1-3-2/h4-9,16-17,21-23,44H,2-3,10-15,18-20,40-41H2,1H3,(H,43,52)(H,46,51);3H2,1-2H3/b31-16+,32-28+;. The first kappa shape index (κ1) is 39.0. The minimum Gasteiger partial charge on any atom is -0.393 e. The lowest BCUT2D eigenvalue weighted by Crippen LogP contribution is -2.60. The summed E-state index contributed by atoms with van der Waals surface area (Å²) in [6.07, 6.45) is 10.1. The first-order chi connectivity index (χ1) is 26.9. The van der Waals surface area contributed by atoms with E-state index in [1.54, 1.807) is 18.2 Å². The zero-order valence-corrected chi connectivity index (χ0v) is 32.6. The number of likely N-dealkylation sites (tertiary alicyclic amines) is 2. The summed E-state index contributed by atoms with van der Waals surface area (Å²) in [5.74, 6) is -0.582. The van der Waals surface area contributed by atoms with E-state index in [-0.39, 0.29) is 47.0 Å². The highest BCUT2D eigenvalue weighted by Crippen LogP contribution is 2.45. The number of aromatic nitrogens is 3. The number of carbonyl (C=O) groups is 3. The van der Waals surface area contributed by atoms with Crippen LogP contribution in [0, 0.1) is 5.92 Å². The van der Waals surface area contributed by atoms with Crippen LogP contribution in [0.4, 0.5) is 11.4 Å². The summed E-state index contributed by atoms with van der Waals surface area (Å²) in [4.78, 5) is 49.0. The molecular weight excluding hydrogens is 704 g/mol. The van der Waals surface area contributed by atoms with E-state index >= 15 is 0 Å². The van der Waals surface area contributed by atoms with Crippen molar-refractivity contribution in [3.8, 4) is 11.1 Å². The summed E-state index contributed by atoms with van der Waals surface area (Å²) >= 11 is 0. The molecule has 4 radical (unpaired) electrons. The van der Waals surface area contributed by atoms with Crippen LogP contribution >= 0.6 is 0 Å². The second-order valence-electron chi connectivity index (χ2n) is 15.6. The smallest absolute Gasteiger partial charge is 0.272 e. The number of benzene rings is 1. The van der Waals surface area contributed by atoms with Gasteiger partial charge in [0.05, 0.1) is 57.2 Å². The molecule has 0 unspecified atom stereocenters. The largest absolute Gasteiger partial charge is 0.393 e. The number of anilines is 2. The van der Waals surface area contributed by atoms with E-state index in [0.717, 1.165) is 74.1 Å². The van der Waals surface area contributed by atoms with E-state index in [0.29, 0.717) is 36.7 Å². The molecule has 5 aliphatic rings. The van der Waals surface area contributed by atoms with Crippen LogP contribution in [0.25, 0.3) is 11.1 Å². The Morgan fingerprint density at radius 2 is 1.68 bits per heavy atom. The van der Waals surface area contributed by atoms with E-state index in [2.05, 4.69) is 39.7 Å². The van der Waals surface area contributed by atoms with Crippen molar-refractivity contribution in [1.82, 2.24) is 35.2 Å². The number of hydrogen-bond donors (Lipinski definition) is 5. The fourth-order valence-electron chi connectivity index (χ4n) is 7.32. The molecule has 56 heavy (non-hydrogen) atoms. The summed E-state index contributed by atoms with van der Waals surface area (Å²) in [5, 5.41) is 12.5. The molecule has 290 valence electrons. The Balaban J connectivity index is 0.00000155. The van der Waals surface area contributed by atoms with Gasteiger partial charge in [-0.3, -0.25) is 19.1 Å². The zero-order chi connectivity index (χ0) is 39.7. The van der Waals surface area contributed by atoms with E-state index in [1.807, 2.05) is 45.9 Å². The molecule has 3 aromatic rings. The summed E-state index contributed by atoms with van der Waals surface area (Å²) < 4.78 is 2.04. The number of carbonyl (C=O) groups excluding carboxylic acids is 3. The third-order valence-corrected chi connectivity index (χ3v) is 10.7. The number of pyridine rings is 1. The number of rotatable bonds is 11. The van der Waals surface area contributed by atoms with Gasteiger partial charge in [-0.2, -0.15) is 5.10 Å². The maximum Gasteiger partial charge on any atom is 0.272 e. The first-order valence-electron chi connectivity index (χ1n) is 19.8. The molecular formula is C40H51B2N11O3. The maximum atomic E-state index is 13.1. The number of amides is 3. The van der Waals surface area contributed by atoms with Crippen molar-refractivity contribution >= 4 is 44.8 Å².